The molecule has 29 heavy (non-hydrogen) atoms. The van der Waals surface area contributed by atoms with Gasteiger partial charge in [-0.2, -0.15) is 0 Å². The van der Waals surface area contributed by atoms with Crippen LogP contribution in [0.1, 0.15) is 66.2 Å². The van der Waals surface area contributed by atoms with E-state index in [1.165, 1.54) is 29.7 Å². The Morgan fingerprint density at radius 3 is 2.62 bits per heavy atom. The van der Waals surface area contributed by atoms with Crippen LogP contribution in [0.2, 0.25) is 0 Å². The van der Waals surface area contributed by atoms with Crippen molar-refractivity contribution in [1.29, 1.82) is 0 Å². The van der Waals surface area contributed by atoms with E-state index >= 15 is 0 Å². The summed E-state index contributed by atoms with van der Waals surface area (Å²) in [6.45, 7) is 6.07. The quantitative estimate of drug-likeness (QED) is 0.837. The number of hydrogen-bond donors (Lipinski definition) is 1. The first-order valence-electron chi connectivity index (χ1n) is 11.3. The molecular weight excluding hydrogens is 358 g/mol. The first-order valence-corrected chi connectivity index (χ1v) is 11.3. The van der Waals surface area contributed by atoms with Crippen LogP contribution in [0.3, 0.4) is 0 Å². The number of hydrogen-bond acceptors (Lipinski definition) is 3. The van der Waals surface area contributed by atoms with Crippen molar-refractivity contribution in [1.82, 2.24) is 10.2 Å². The maximum absolute atomic E-state index is 13.0. The van der Waals surface area contributed by atoms with Crippen LogP contribution >= 0.6 is 0 Å². The molecule has 2 aromatic rings. The Morgan fingerprint density at radius 1 is 1.07 bits per heavy atom. The van der Waals surface area contributed by atoms with E-state index in [4.69, 9.17) is 0 Å². The van der Waals surface area contributed by atoms with Gasteiger partial charge >= 0.3 is 0 Å². The Bertz CT molecular complexity index is 875. The molecule has 4 heteroatoms. The highest BCUT2D eigenvalue weighted by molar-refractivity contribution is 5.95. The highest BCUT2D eigenvalue weighted by Gasteiger charge is 2.42. The maximum Gasteiger partial charge on any atom is 0.253 e. The number of fused-ring (bicyclic) bond motifs is 3. The summed E-state index contributed by atoms with van der Waals surface area (Å²) in [4.78, 5) is 17.6. The topological polar surface area (TPSA) is 35.6 Å². The molecule has 0 saturated carbocycles. The zero-order valence-electron chi connectivity index (χ0n) is 17.3. The number of nitrogens with one attached hydrogen (secondary N) is 1. The van der Waals surface area contributed by atoms with E-state index in [1.54, 1.807) is 0 Å². The highest BCUT2D eigenvalue weighted by Crippen LogP contribution is 2.50. The van der Waals surface area contributed by atoms with Crippen LogP contribution in [0.4, 0.5) is 5.69 Å². The fourth-order valence-corrected chi connectivity index (χ4v) is 5.72. The normalized spacial score (nSPS) is 26.2. The molecule has 1 amide bonds. The second-order valence-corrected chi connectivity index (χ2v) is 8.65. The number of anilines is 1. The second kappa shape index (κ2) is 7.83. The molecule has 3 aliphatic heterocycles. The van der Waals surface area contributed by atoms with Crippen molar-refractivity contribution >= 4 is 11.6 Å². The fourth-order valence-electron chi connectivity index (χ4n) is 5.72. The van der Waals surface area contributed by atoms with Crippen molar-refractivity contribution in [3.8, 4) is 0 Å². The van der Waals surface area contributed by atoms with Gasteiger partial charge in [-0.05, 0) is 68.5 Å². The summed E-state index contributed by atoms with van der Waals surface area (Å²) in [5.74, 6) is 0.724. The molecule has 2 fully saturated rings. The Morgan fingerprint density at radius 2 is 1.86 bits per heavy atom. The predicted octanol–water partition coefficient (Wildman–Crippen LogP) is 4.54. The minimum absolute atomic E-state index is 0.200. The fraction of sp³-hybridized carbons (Fsp3) is 0.480. The van der Waals surface area contributed by atoms with Crippen molar-refractivity contribution in [2.45, 2.75) is 44.7 Å². The van der Waals surface area contributed by atoms with Crippen LogP contribution < -0.4 is 10.2 Å². The molecule has 4 nitrogen and oxygen atoms in total. The van der Waals surface area contributed by atoms with Gasteiger partial charge in [0.2, 0.25) is 0 Å². The van der Waals surface area contributed by atoms with Crippen molar-refractivity contribution in [2.24, 2.45) is 5.92 Å². The number of benzene rings is 2. The molecule has 2 unspecified atom stereocenters. The first kappa shape index (κ1) is 18.7. The molecule has 0 spiro atoms. The summed E-state index contributed by atoms with van der Waals surface area (Å²) in [6, 6.07) is 18.1. The van der Waals surface area contributed by atoms with Crippen LogP contribution in [0.5, 0.6) is 0 Å². The molecular formula is C25H31N3O. The monoisotopic (exact) mass is 389 g/mol. The smallest absolute Gasteiger partial charge is 0.253 e. The van der Waals surface area contributed by atoms with Gasteiger partial charge < -0.3 is 15.1 Å². The molecule has 0 bridgehead atoms. The van der Waals surface area contributed by atoms with Gasteiger partial charge in [0.25, 0.3) is 5.91 Å². The van der Waals surface area contributed by atoms with Gasteiger partial charge in [-0.1, -0.05) is 30.3 Å². The van der Waals surface area contributed by atoms with Crippen LogP contribution in [-0.2, 0) is 0 Å². The van der Waals surface area contributed by atoms with Crippen LogP contribution in [0.15, 0.2) is 48.5 Å². The molecule has 3 heterocycles. The molecule has 0 radical (unpaired) electrons. The van der Waals surface area contributed by atoms with Crippen molar-refractivity contribution < 1.29 is 4.79 Å². The SMILES string of the molecule is CCN1c2ccc(C(=O)N3CCCC3)cc2C2NCCC[C@H]2C1c1ccccc1. The lowest BCUT2D eigenvalue weighted by molar-refractivity contribution is 0.0792. The number of rotatable bonds is 3. The van der Waals surface area contributed by atoms with Gasteiger partial charge in [0, 0.05) is 42.8 Å². The average Bonchev–Trinajstić information content (AvgIpc) is 3.33. The third-order valence-corrected chi connectivity index (χ3v) is 7.04. The number of carbonyl (C=O) groups is 1. The maximum atomic E-state index is 13.0. The summed E-state index contributed by atoms with van der Waals surface area (Å²) in [7, 11) is 0. The summed E-state index contributed by atoms with van der Waals surface area (Å²) in [5.41, 5.74) is 4.85. The van der Waals surface area contributed by atoms with Crippen molar-refractivity contribution in [3.63, 3.8) is 0 Å². The standard InChI is InChI=1S/C25H31N3O/c1-2-28-22-13-12-19(25(29)27-15-6-7-16-27)17-21(22)23-20(11-8-14-26-23)24(28)18-9-4-3-5-10-18/h3-5,9-10,12-13,17,20,23-24,26H,2,6-8,11,14-16H2,1H3/t20-,23?,24?/m1/s1. The van der Waals surface area contributed by atoms with E-state index in [-0.39, 0.29) is 5.91 Å². The Kier molecular flexibility index (Phi) is 5.04. The van der Waals surface area contributed by atoms with E-state index in [1.807, 2.05) is 11.0 Å². The van der Waals surface area contributed by atoms with Gasteiger partial charge in [0.05, 0.1) is 6.04 Å². The molecule has 0 aliphatic carbocycles. The van der Waals surface area contributed by atoms with Gasteiger partial charge in [0.15, 0.2) is 0 Å². The van der Waals surface area contributed by atoms with Gasteiger partial charge in [-0.3, -0.25) is 4.79 Å². The Hall–Kier alpha value is -2.33. The minimum Gasteiger partial charge on any atom is -0.364 e. The van der Waals surface area contributed by atoms with E-state index < -0.39 is 0 Å². The molecule has 3 aliphatic rings. The number of amides is 1. The predicted molar refractivity (Wildman–Crippen MR) is 117 cm³/mol. The summed E-state index contributed by atoms with van der Waals surface area (Å²) in [6.07, 6.45) is 4.69. The summed E-state index contributed by atoms with van der Waals surface area (Å²) in [5, 5.41) is 3.81. The average molecular weight is 390 g/mol. The van der Waals surface area contributed by atoms with E-state index in [2.05, 4.69) is 59.6 Å². The van der Waals surface area contributed by atoms with Gasteiger partial charge in [-0.25, -0.2) is 0 Å². The molecule has 5 rings (SSSR count). The lowest BCUT2D eigenvalue weighted by atomic mass is 9.74. The number of carbonyl (C=O) groups excluding carboxylic acids is 1. The molecule has 152 valence electrons. The molecule has 2 saturated heterocycles. The van der Waals surface area contributed by atoms with Crippen molar-refractivity contribution in [2.75, 3.05) is 31.1 Å². The first-order chi connectivity index (χ1) is 14.3. The van der Waals surface area contributed by atoms with Gasteiger partial charge in [-0.15, -0.1) is 0 Å². The summed E-state index contributed by atoms with van der Waals surface area (Å²) < 4.78 is 0. The zero-order chi connectivity index (χ0) is 19.8. The Labute approximate surface area is 173 Å². The minimum atomic E-state index is 0.200. The van der Waals surface area contributed by atoms with Crippen molar-refractivity contribution in [3.05, 3.63) is 65.2 Å². The highest BCUT2D eigenvalue weighted by atomic mass is 16.2. The van der Waals surface area contributed by atoms with Crippen LogP contribution in [0, 0.1) is 5.92 Å². The largest absolute Gasteiger partial charge is 0.364 e. The van der Waals surface area contributed by atoms with Gasteiger partial charge in [0.1, 0.15) is 0 Å². The zero-order valence-corrected chi connectivity index (χ0v) is 17.3. The van der Waals surface area contributed by atoms with E-state index in [9.17, 15) is 4.79 Å². The summed E-state index contributed by atoms with van der Waals surface area (Å²) >= 11 is 0. The molecule has 3 atom stereocenters. The number of likely N-dealkylation sites (tertiary alicyclic amines) is 1. The Balaban J connectivity index is 1.57. The third kappa shape index (κ3) is 3.24. The molecule has 2 aromatic carbocycles. The van der Waals surface area contributed by atoms with E-state index in [0.29, 0.717) is 18.0 Å². The molecule has 0 aromatic heterocycles. The number of nitrogens with zero attached hydrogens (tertiary/aromatic N) is 2. The lowest BCUT2D eigenvalue weighted by Crippen LogP contribution is -2.47. The second-order valence-electron chi connectivity index (χ2n) is 8.65. The van der Waals surface area contributed by atoms with Crippen LogP contribution in [-0.4, -0.2) is 37.0 Å². The molecule has 1 N–H and O–H groups in total. The number of piperidine rings is 1. The van der Waals surface area contributed by atoms with Crippen LogP contribution in [0.25, 0.3) is 0 Å². The third-order valence-electron chi connectivity index (χ3n) is 7.04. The lowest BCUT2D eigenvalue weighted by Gasteiger charge is -2.50. The van der Waals surface area contributed by atoms with E-state index in [0.717, 1.165) is 44.6 Å².